The molecule has 2 bridgehead atoms. The quantitative estimate of drug-likeness (QED) is 0.570. The molecule has 1 saturated heterocycles. The molecule has 1 aliphatic heterocycles. The number of nitrogens with zero attached hydrogens (tertiary/aromatic N) is 3. The molecule has 1 aromatic heterocycles. The maximum atomic E-state index is 12.8. The molecule has 5 aliphatic carbocycles. The molecule has 7 rings (SSSR count). The van der Waals surface area contributed by atoms with E-state index in [1.54, 1.807) is 6.20 Å². The third kappa shape index (κ3) is 3.23. The Kier molecular flexibility index (Phi) is 4.77. The number of aliphatic imine (C=N–C) groups is 1. The zero-order valence-electron chi connectivity index (χ0n) is 18.0. The van der Waals surface area contributed by atoms with Crippen LogP contribution >= 0.6 is 0 Å². The Morgan fingerprint density at radius 2 is 2.12 bits per heavy atom. The molecule has 0 spiro atoms. The van der Waals surface area contributed by atoms with Crippen LogP contribution < -0.4 is 10.5 Å². The van der Waals surface area contributed by atoms with Crippen molar-refractivity contribution in [1.82, 2.24) is 9.88 Å². The first-order valence-corrected chi connectivity index (χ1v) is 11.6. The zero-order chi connectivity index (χ0) is 22.0. The molecule has 2 heterocycles. The first-order valence-electron chi connectivity index (χ1n) is 11.6. The minimum Gasteiger partial charge on any atom is -0.431 e. The van der Waals surface area contributed by atoms with Gasteiger partial charge in [0, 0.05) is 60.7 Å². The standard InChI is InChI=1S/C23H29F2N5O2/c24-22(25)32-17-7-13(11-29-21(17)27)15(28-10-12-1-2-12)9-18(26)23-14-8-16(20(23)19(14)23)30-3-5-31-6-4-30/h7,11-12,14,16,19-20,22,26H,1-6,8-10H2,(H2,27,29). The lowest BCUT2D eigenvalue weighted by molar-refractivity contribution is -0.0495. The van der Waals surface area contributed by atoms with E-state index in [1.807, 2.05) is 0 Å². The van der Waals surface area contributed by atoms with Crippen molar-refractivity contribution in [2.45, 2.75) is 38.3 Å². The summed E-state index contributed by atoms with van der Waals surface area (Å²) < 4.78 is 35.6. The van der Waals surface area contributed by atoms with Crippen molar-refractivity contribution in [2.75, 3.05) is 38.6 Å². The van der Waals surface area contributed by atoms with Gasteiger partial charge in [-0.3, -0.25) is 9.89 Å². The highest BCUT2D eigenvalue weighted by molar-refractivity contribution is 6.15. The van der Waals surface area contributed by atoms with Crippen molar-refractivity contribution >= 4 is 17.2 Å². The molecule has 6 fully saturated rings. The van der Waals surface area contributed by atoms with Gasteiger partial charge in [0.2, 0.25) is 0 Å². The van der Waals surface area contributed by atoms with Gasteiger partial charge in [0.05, 0.1) is 13.2 Å². The van der Waals surface area contributed by atoms with E-state index in [0.717, 1.165) is 37.7 Å². The molecule has 0 radical (unpaired) electrons. The lowest BCUT2D eigenvalue weighted by atomic mass is 9.94. The van der Waals surface area contributed by atoms with Crippen molar-refractivity contribution in [3.63, 3.8) is 0 Å². The van der Waals surface area contributed by atoms with Gasteiger partial charge in [0.25, 0.3) is 0 Å². The number of anilines is 1. The van der Waals surface area contributed by atoms with Crippen molar-refractivity contribution in [3.8, 4) is 5.75 Å². The van der Waals surface area contributed by atoms with Crippen LogP contribution in [0.3, 0.4) is 0 Å². The van der Waals surface area contributed by atoms with Gasteiger partial charge in [-0.25, -0.2) is 4.98 Å². The Balaban J connectivity index is 1.20. The molecular formula is C23H29F2N5O2. The van der Waals surface area contributed by atoms with Crippen LogP contribution in [0.5, 0.6) is 5.75 Å². The molecule has 3 N–H and O–H groups in total. The second-order valence-corrected chi connectivity index (χ2v) is 9.91. The van der Waals surface area contributed by atoms with Crippen LogP contribution in [0.15, 0.2) is 17.3 Å². The van der Waals surface area contributed by atoms with Crippen LogP contribution in [-0.2, 0) is 4.74 Å². The Morgan fingerprint density at radius 3 is 2.81 bits per heavy atom. The largest absolute Gasteiger partial charge is 0.431 e. The highest BCUT2D eigenvalue weighted by Gasteiger charge is 2.93. The number of fused-ring (bicyclic) bond motifs is 1. The van der Waals surface area contributed by atoms with Gasteiger partial charge in [-0.05, 0) is 49.0 Å². The summed E-state index contributed by atoms with van der Waals surface area (Å²) in [6.07, 6.45) is 5.53. The minimum atomic E-state index is -2.97. The number of aromatic nitrogens is 1. The number of nitrogen functional groups attached to an aromatic ring is 1. The molecule has 0 aromatic carbocycles. The summed E-state index contributed by atoms with van der Waals surface area (Å²) in [5.41, 5.74) is 7.87. The van der Waals surface area contributed by atoms with Crippen molar-refractivity contribution < 1.29 is 18.3 Å². The molecule has 0 amide bonds. The Hall–Kier alpha value is -2.13. The van der Waals surface area contributed by atoms with Crippen LogP contribution in [0.25, 0.3) is 0 Å². The van der Waals surface area contributed by atoms with E-state index >= 15 is 0 Å². The van der Waals surface area contributed by atoms with E-state index in [-0.39, 0.29) is 17.0 Å². The van der Waals surface area contributed by atoms with Crippen LogP contribution in [0, 0.1) is 34.5 Å². The number of morpholine rings is 1. The van der Waals surface area contributed by atoms with Crippen LogP contribution in [-0.4, -0.2) is 66.8 Å². The van der Waals surface area contributed by atoms with Crippen LogP contribution in [0.1, 0.15) is 31.2 Å². The Morgan fingerprint density at radius 1 is 1.34 bits per heavy atom. The SMILES string of the molecule is N=C(CC(=NCC1CC1)c1cnc(N)c(OC(F)F)c1)C12C3CC(N4CCOCC4)C1C32. The van der Waals surface area contributed by atoms with Gasteiger partial charge in [0.1, 0.15) is 0 Å². The Labute approximate surface area is 185 Å². The second-order valence-electron chi connectivity index (χ2n) is 9.91. The fourth-order valence-corrected chi connectivity index (χ4v) is 6.49. The molecule has 172 valence electrons. The van der Waals surface area contributed by atoms with Crippen molar-refractivity contribution in [3.05, 3.63) is 17.8 Å². The molecule has 7 nitrogen and oxygen atoms in total. The third-order valence-corrected chi connectivity index (χ3v) is 8.28. The van der Waals surface area contributed by atoms with E-state index in [4.69, 9.17) is 20.9 Å². The summed E-state index contributed by atoms with van der Waals surface area (Å²) in [4.78, 5) is 11.4. The molecule has 5 unspecified atom stereocenters. The smallest absolute Gasteiger partial charge is 0.387 e. The summed E-state index contributed by atoms with van der Waals surface area (Å²) >= 11 is 0. The number of alkyl halides is 2. The maximum Gasteiger partial charge on any atom is 0.387 e. The number of halogens is 2. The molecule has 6 aliphatic rings. The fraction of sp³-hybridized carbons (Fsp3) is 0.696. The minimum absolute atomic E-state index is 0.0485. The van der Waals surface area contributed by atoms with E-state index < -0.39 is 6.61 Å². The molecule has 5 atom stereocenters. The van der Waals surface area contributed by atoms with Crippen molar-refractivity contribution in [1.29, 1.82) is 5.41 Å². The van der Waals surface area contributed by atoms with Gasteiger partial charge in [-0.2, -0.15) is 8.78 Å². The normalized spacial score (nSPS) is 35.7. The van der Waals surface area contributed by atoms with E-state index in [2.05, 4.69) is 14.6 Å². The molecular weight excluding hydrogens is 416 g/mol. The van der Waals surface area contributed by atoms with Gasteiger partial charge in [0.15, 0.2) is 11.6 Å². The van der Waals surface area contributed by atoms with Gasteiger partial charge in [-0.1, -0.05) is 0 Å². The van der Waals surface area contributed by atoms with E-state index in [0.29, 0.717) is 48.2 Å². The first kappa shape index (κ1) is 20.5. The number of hydrogen-bond donors (Lipinski definition) is 2. The summed E-state index contributed by atoms with van der Waals surface area (Å²) in [5.74, 6) is 2.25. The summed E-state index contributed by atoms with van der Waals surface area (Å²) in [5, 5.41) is 9.02. The Bertz CT molecular complexity index is 956. The van der Waals surface area contributed by atoms with Gasteiger partial charge >= 0.3 is 6.61 Å². The monoisotopic (exact) mass is 445 g/mol. The highest BCUT2D eigenvalue weighted by atomic mass is 19.3. The first-order chi connectivity index (χ1) is 15.5. The van der Waals surface area contributed by atoms with E-state index in [1.165, 1.54) is 25.3 Å². The van der Waals surface area contributed by atoms with Crippen LogP contribution in [0.4, 0.5) is 14.6 Å². The number of ether oxygens (including phenoxy) is 2. The summed E-state index contributed by atoms with van der Waals surface area (Å²) in [6, 6.07) is 2.07. The second kappa shape index (κ2) is 7.45. The lowest BCUT2D eigenvalue weighted by Crippen LogP contribution is -2.43. The molecule has 5 saturated carbocycles. The summed E-state index contributed by atoms with van der Waals surface area (Å²) in [6.45, 7) is 1.31. The molecule has 9 heteroatoms. The number of rotatable bonds is 9. The molecule has 1 aromatic rings. The molecule has 32 heavy (non-hydrogen) atoms. The maximum absolute atomic E-state index is 12.8. The lowest BCUT2D eigenvalue weighted by Gasteiger charge is -2.32. The van der Waals surface area contributed by atoms with Crippen molar-refractivity contribution in [2.24, 2.45) is 34.1 Å². The number of hydrogen-bond acceptors (Lipinski definition) is 7. The van der Waals surface area contributed by atoms with Gasteiger partial charge < -0.3 is 20.6 Å². The van der Waals surface area contributed by atoms with E-state index in [9.17, 15) is 8.78 Å². The summed E-state index contributed by atoms with van der Waals surface area (Å²) in [7, 11) is 0. The zero-order valence-corrected chi connectivity index (χ0v) is 18.0. The predicted octanol–water partition coefficient (Wildman–Crippen LogP) is 2.84. The average molecular weight is 446 g/mol. The topological polar surface area (TPSA) is 96.8 Å². The number of pyridine rings is 1. The number of nitrogens with two attached hydrogens (primary N) is 1. The average Bonchev–Trinajstić information content (AvgIpc) is 3.73. The highest BCUT2D eigenvalue weighted by Crippen LogP contribution is 2.92. The number of nitrogens with one attached hydrogen (secondary N) is 1. The van der Waals surface area contributed by atoms with Crippen LogP contribution in [0.2, 0.25) is 0 Å². The third-order valence-electron chi connectivity index (χ3n) is 8.28. The van der Waals surface area contributed by atoms with Gasteiger partial charge in [-0.15, -0.1) is 0 Å². The fourth-order valence-electron chi connectivity index (χ4n) is 6.49. The predicted molar refractivity (Wildman–Crippen MR) is 115 cm³/mol.